The number of amides is 2. The minimum absolute atomic E-state index is 0.110. The highest BCUT2D eigenvalue weighted by atomic mass is 35.5. The van der Waals surface area contributed by atoms with Gasteiger partial charge < -0.3 is 10.6 Å². The Morgan fingerprint density at radius 2 is 1.64 bits per heavy atom. The van der Waals surface area contributed by atoms with Crippen LogP contribution in [-0.2, 0) is 4.79 Å². The normalized spacial score (nSPS) is 21.0. The molecular weight excluding hydrogens is 323 g/mol. The zero-order valence-electron chi connectivity index (χ0n) is 12.1. The van der Waals surface area contributed by atoms with Gasteiger partial charge in [0.05, 0.1) is 10.0 Å². The molecule has 0 unspecified atom stereocenters. The van der Waals surface area contributed by atoms with Crippen molar-refractivity contribution in [2.24, 2.45) is 0 Å². The summed E-state index contributed by atoms with van der Waals surface area (Å²) in [5.74, 6) is -0.305. The summed E-state index contributed by atoms with van der Waals surface area (Å²) in [5.41, 5.74) is 0.497. The first-order chi connectivity index (χ1) is 10.5. The van der Waals surface area contributed by atoms with Gasteiger partial charge >= 0.3 is 0 Å². The van der Waals surface area contributed by atoms with E-state index in [1.54, 1.807) is 18.2 Å². The van der Waals surface area contributed by atoms with Crippen molar-refractivity contribution in [1.29, 1.82) is 0 Å². The predicted octanol–water partition coefficient (Wildman–Crippen LogP) is 3.34. The van der Waals surface area contributed by atoms with Crippen molar-refractivity contribution >= 4 is 35.0 Å². The van der Waals surface area contributed by atoms with E-state index in [9.17, 15) is 9.59 Å². The zero-order chi connectivity index (χ0) is 16.1. The van der Waals surface area contributed by atoms with Crippen LogP contribution < -0.4 is 10.6 Å². The van der Waals surface area contributed by atoms with Gasteiger partial charge in [0.15, 0.2) is 0 Å². The van der Waals surface area contributed by atoms with E-state index in [1.165, 1.54) is 6.08 Å². The van der Waals surface area contributed by atoms with Gasteiger partial charge in [0, 0.05) is 17.6 Å². The number of hydrogen-bond donors (Lipinski definition) is 2. The van der Waals surface area contributed by atoms with Gasteiger partial charge in [0.25, 0.3) is 5.91 Å². The molecule has 0 spiro atoms. The Labute approximate surface area is 139 Å². The Morgan fingerprint density at radius 3 is 2.18 bits per heavy atom. The third-order valence-electron chi connectivity index (χ3n) is 3.78. The highest BCUT2D eigenvalue weighted by Gasteiger charge is 2.23. The molecule has 0 saturated heterocycles. The van der Waals surface area contributed by atoms with E-state index in [0.29, 0.717) is 15.6 Å². The van der Waals surface area contributed by atoms with Crippen molar-refractivity contribution in [1.82, 2.24) is 10.6 Å². The molecule has 118 valence electrons. The summed E-state index contributed by atoms with van der Waals surface area (Å²) in [6.07, 6.45) is 4.61. The van der Waals surface area contributed by atoms with Gasteiger partial charge in [-0.1, -0.05) is 29.8 Å². The third-order valence-corrected chi connectivity index (χ3v) is 4.51. The fourth-order valence-corrected chi connectivity index (χ4v) is 2.85. The molecule has 0 aliphatic heterocycles. The van der Waals surface area contributed by atoms with Crippen LogP contribution in [0.1, 0.15) is 36.0 Å². The molecule has 1 aliphatic rings. The molecule has 1 aromatic carbocycles. The Balaban J connectivity index is 1.85. The topological polar surface area (TPSA) is 58.2 Å². The Kier molecular flexibility index (Phi) is 5.86. The highest BCUT2D eigenvalue weighted by Crippen LogP contribution is 2.23. The molecular formula is C16H18Cl2N2O2. The Hall–Kier alpha value is -1.52. The van der Waals surface area contributed by atoms with Crippen molar-refractivity contribution in [3.8, 4) is 0 Å². The second kappa shape index (κ2) is 7.65. The van der Waals surface area contributed by atoms with Gasteiger partial charge in [-0.25, -0.2) is 0 Å². The van der Waals surface area contributed by atoms with E-state index >= 15 is 0 Å². The number of halogens is 2. The van der Waals surface area contributed by atoms with E-state index in [0.717, 1.165) is 25.7 Å². The lowest BCUT2D eigenvalue weighted by molar-refractivity contribution is -0.117. The molecule has 2 amide bonds. The van der Waals surface area contributed by atoms with Crippen molar-refractivity contribution in [3.63, 3.8) is 0 Å². The minimum Gasteiger partial charge on any atom is -0.350 e. The molecule has 0 heterocycles. The number of benzene rings is 1. The number of rotatable bonds is 4. The summed E-state index contributed by atoms with van der Waals surface area (Å²) in [7, 11) is 0. The van der Waals surface area contributed by atoms with Crippen molar-refractivity contribution < 1.29 is 9.59 Å². The van der Waals surface area contributed by atoms with Crippen LogP contribution in [0.3, 0.4) is 0 Å². The van der Waals surface area contributed by atoms with E-state index in [2.05, 4.69) is 17.2 Å². The van der Waals surface area contributed by atoms with Crippen LogP contribution in [0.25, 0.3) is 0 Å². The van der Waals surface area contributed by atoms with Crippen LogP contribution in [0.5, 0.6) is 0 Å². The Bertz CT molecular complexity index is 582. The second-order valence-electron chi connectivity index (χ2n) is 5.36. The lowest BCUT2D eigenvalue weighted by Gasteiger charge is -2.29. The van der Waals surface area contributed by atoms with Gasteiger partial charge in [0.1, 0.15) is 0 Å². The molecule has 0 bridgehead atoms. The largest absolute Gasteiger partial charge is 0.350 e. The van der Waals surface area contributed by atoms with E-state index in [4.69, 9.17) is 23.2 Å². The standard InChI is InChI=1S/C16H18Cl2N2O2/c1-2-15(21)19-11-4-6-12(7-5-11)20-16(22)10-3-8-13(17)14(18)9-10/h2-3,8-9,11-12H,1,4-7H2,(H,19,21)(H,20,22). The quantitative estimate of drug-likeness (QED) is 0.826. The van der Waals surface area contributed by atoms with Crippen LogP contribution in [-0.4, -0.2) is 23.9 Å². The summed E-state index contributed by atoms with van der Waals surface area (Å²) in [6.45, 7) is 3.44. The van der Waals surface area contributed by atoms with Crippen molar-refractivity contribution in [3.05, 3.63) is 46.5 Å². The van der Waals surface area contributed by atoms with Crippen LogP contribution in [0.4, 0.5) is 0 Å². The van der Waals surface area contributed by atoms with Crippen LogP contribution in [0.15, 0.2) is 30.9 Å². The van der Waals surface area contributed by atoms with Gasteiger partial charge in [-0.2, -0.15) is 0 Å². The molecule has 1 aromatic rings. The molecule has 0 atom stereocenters. The summed E-state index contributed by atoms with van der Waals surface area (Å²) in [6, 6.07) is 5.09. The monoisotopic (exact) mass is 340 g/mol. The molecule has 1 fully saturated rings. The molecule has 1 saturated carbocycles. The fourth-order valence-electron chi connectivity index (χ4n) is 2.55. The molecule has 4 nitrogen and oxygen atoms in total. The minimum atomic E-state index is -0.155. The smallest absolute Gasteiger partial charge is 0.251 e. The van der Waals surface area contributed by atoms with Crippen molar-refractivity contribution in [2.45, 2.75) is 37.8 Å². The molecule has 6 heteroatoms. The van der Waals surface area contributed by atoms with Gasteiger partial charge in [0.2, 0.25) is 5.91 Å². The molecule has 0 radical (unpaired) electrons. The maximum atomic E-state index is 12.2. The first kappa shape index (κ1) is 16.8. The molecule has 1 aliphatic carbocycles. The first-order valence-electron chi connectivity index (χ1n) is 7.18. The van der Waals surface area contributed by atoms with E-state index < -0.39 is 0 Å². The summed E-state index contributed by atoms with van der Waals surface area (Å²) in [5, 5.41) is 6.68. The fraction of sp³-hybridized carbons (Fsp3) is 0.375. The van der Waals surface area contributed by atoms with E-state index in [-0.39, 0.29) is 23.9 Å². The maximum Gasteiger partial charge on any atom is 0.251 e. The van der Waals surface area contributed by atoms with Gasteiger partial charge in [-0.15, -0.1) is 0 Å². The number of nitrogens with one attached hydrogen (secondary N) is 2. The summed E-state index contributed by atoms with van der Waals surface area (Å²) in [4.78, 5) is 23.4. The summed E-state index contributed by atoms with van der Waals surface area (Å²) >= 11 is 11.8. The van der Waals surface area contributed by atoms with Crippen molar-refractivity contribution in [2.75, 3.05) is 0 Å². The molecule has 2 rings (SSSR count). The Morgan fingerprint density at radius 1 is 1.05 bits per heavy atom. The average Bonchev–Trinajstić information content (AvgIpc) is 2.51. The van der Waals surface area contributed by atoms with Gasteiger partial charge in [-0.05, 0) is 50.0 Å². The lowest BCUT2D eigenvalue weighted by Crippen LogP contribution is -2.43. The third kappa shape index (κ3) is 4.49. The second-order valence-corrected chi connectivity index (χ2v) is 6.18. The molecule has 0 aromatic heterocycles. The number of hydrogen-bond acceptors (Lipinski definition) is 2. The first-order valence-corrected chi connectivity index (χ1v) is 7.94. The van der Waals surface area contributed by atoms with Crippen LogP contribution in [0.2, 0.25) is 10.0 Å². The van der Waals surface area contributed by atoms with Gasteiger partial charge in [-0.3, -0.25) is 9.59 Å². The highest BCUT2D eigenvalue weighted by molar-refractivity contribution is 6.42. The SMILES string of the molecule is C=CC(=O)NC1CCC(NC(=O)c2ccc(Cl)c(Cl)c2)CC1. The average molecular weight is 341 g/mol. The zero-order valence-corrected chi connectivity index (χ0v) is 13.6. The lowest BCUT2D eigenvalue weighted by atomic mass is 9.91. The molecule has 22 heavy (non-hydrogen) atoms. The van der Waals surface area contributed by atoms with Crippen LogP contribution in [0, 0.1) is 0 Å². The number of carbonyl (C=O) groups is 2. The number of carbonyl (C=O) groups excluding carboxylic acids is 2. The summed E-state index contributed by atoms with van der Waals surface area (Å²) < 4.78 is 0. The van der Waals surface area contributed by atoms with Crippen LogP contribution >= 0.6 is 23.2 Å². The maximum absolute atomic E-state index is 12.2. The predicted molar refractivity (Wildman–Crippen MR) is 88.3 cm³/mol. The molecule has 2 N–H and O–H groups in total. The van der Waals surface area contributed by atoms with E-state index in [1.807, 2.05) is 0 Å².